The topological polar surface area (TPSA) is 12.0 Å². The van der Waals surface area contributed by atoms with E-state index in [0.29, 0.717) is 0 Å². The zero-order valence-corrected chi connectivity index (χ0v) is 16.3. The van der Waals surface area contributed by atoms with Crippen LogP contribution >= 0.6 is 22.9 Å². The van der Waals surface area contributed by atoms with Crippen LogP contribution in [-0.4, -0.2) is 163 Å². The normalized spacial score (nSPS) is 10.2. The van der Waals surface area contributed by atoms with Gasteiger partial charge in [-0.2, -0.15) is 0 Å². The molecule has 0 aliphatic heterocycles. The fraction of sp³-hybridized carbons (Fsp3) is 0. The zero-order chi connectivity index (χ0) is 20.9. The number of hydrogen-bond donors (Lipinski definition) is 1. The van der Waals surface area contributed by atoms with E-state index in [9.17, 15) is 0 Å². The maximum Gasteiger partial charge on any atom is 0.129 e. The van der Waals surface area contributed by atoms with Crippen LogP contribution in [0.25, 0.3) is 0 Å². The first-order valence-corrected chi connectivity index (χ1v) is 8.73. The minimum absolute atomic E-state index is 0.779. The second-order valence-corrected chi connectivity index (χ2v) is 6.92. The van der Waals surface area contributed by atoms with Gasteiger partial charge in [-0.1, -0.05) is 0 Å². The maximum atomic E-state index is 8.20. The van der Waals surface area contributed by atoms with Gasteiger partial charge in [0, 0.05) is 180 Å². The van der Waals surface area contributed by atoms with Crippen molar-refractivity contribution in [3.8, 4) is 0 Å². The summed E-state index contributed by atoms with van der Waals surface area (Å²) < 4.78 is 9.25. The van der Waals surface area contributed by atoms with Crippen molar-refractivity contribution < 1.29 is 1.41 Å². The minimum Gasteiger partial charge on any atom is -0.319 e. The molecule has 0 bridgehead atoms. The summed E-state index contributed by atoms with van der Waals surface area (Å²) in [5.41, 5.74) is 0. The molecule has 0 aromatic rings. The molecule has 1 N–H and O–H groups in total. The molecule has 0 saturated carbocycles. The second kappa shape index (κ2) is 12.7. The Hall–Kier alpha value is 2.18. The van der Waals surface area contributed by atoms with Gasteiger partial charge in [0.1, 0.15) is 8.04 Å². The quantitative estimate of drug-likeness (QED) is 0.209. The third kappa shape index (κ3) is 7.84. The Morgan fingerprint density at radius 3 is 0.880 bits per heavy atom. The molecule has 24 radical (unpaired) electrons. The van der Waals surface area contributed by atoms with E-state index < -0.39 is 70.5 Å². The van der Waals surface area contributed by atoms with Crippen molar-refractivity contribution in [2.45, 2.75) is 0 Å². The highest BCUT2D eigenvalue weighted by molar-refractivity contribution is 14.1. The van der Waals surface area contributed by atoms with E-state index >= 15 is 0 Å². The van der Waals surface area contributed by atoms with Crippen LogP contribution < -0.4 is 3.43 Å². The lowest BCUT2D eigenvalue weighted by Crippen LogP contribution is -2.85. The van der Waals surface area contributed by atoms with Gasteiger partial charge in [0.25, 0.3) is 0 Å². The summed E-state index contributed by atoms with van der Waals surface area (Å²) in [6.07, 6.45) is -9.13. The molecule has 0 aromatic carbocycles. The first-order valence-electron chi connectivity index (χ1n) is 8.21. The molecule has 0 heterocycles. The van der Waals surface area contributed by atoms with Crippen LogP contribution in [0.4, 0.5) is 0 Å². The Balaban J connectivity index is 6.53. The molecule has 0 spiro atoms. The molecule has 0 unspecified atom stereocenters. The Morgan fingerprint density at radius 2 is 0.720 bits per heavy atom. The molecule has 0 fully saturated rings. The van der Waals surface area contributed by atoms with E-state index in [2.05, 4.69) is 0 Å². The highest BCUT2D eigenvalue weighted by Gasteiger charge is 2.49. The summed E-state index contributed by atoms with van der Waals surface area (Å²) in [4.78, 5) is 0. The third-order valence-corrected chi connectivity index (χ3v) is 5.10. The summed E-state index contributed by atoms with van der Waals surface area (Å²) in [6.45, 7) is -0.848. The van der Waals surface area contributed by atoms with E-state index in [4.69, 9.17) is 94.3 Å². The maximum absolute atomic E-state index is 8.20. The summed E-state index contributed by atoms with van der Waals surface area (Å²) in [6, 6.07) is 0. The lowest BCUT2D eigenvalue weighted by Gasteiger charge is -2.44. The van der Waals surface area contributed by atoms with Crippen LogP contribution in [0, 0.1) is 0 Å². The molecular weight excluding hydrogens is 390 g/mol. The molecule has 0 rings (SSSR count). The molecule has 0 aliphatic rings. The lowest BCUT2D eigenvalue weighted by atomic mass is 8.39. The monoisotopic (exact) mass is 397 g/mol. The minimum atomic E-state index is -0.998. The zero-order valence-electron chi connectivity index (χ0n) is 15.1. The fourth-order valence-electron chi connectivity index (χ4n) is 3.35. The molecule has 0 saturated heterocycles. The fourth-order valence-corrected chi connectivity index (χ4v) is 4.09. The Kier molecular flexibility index (Phi) is 12.8. The molecule has 0 aromatic heterocycles. The van der Waals surface area contributed by atoms with Crippen molar-refractivity contribution in [3.05, 3.63) is 0 Å². The number of nitrogens with one attached hydrogen (secondary N) is 1. The van der Waals surface area contributed by atoms with Crippen molar-refractivity contribution >= 4 is 186 Å². The molecule has 0 atom stereocenters. The van der Waals surface area contributed by atoms with Gasteiger partial charge in [0.15, 0.2) is 0 Å². The van der Waals surface area contributed by atoms with E-state index in [1.165, 1.54) is 0 Å². The predicted molar refractivity (Wildman–Crippen MR) is 149 cm³/mol. The predicted octanol–water partition coefficient (Wildman–Crippen LogP) is -8.37. The van der Waals surface area contributed by atoms with E-state index in [1.807, 2.05) is 0 Å². The van der Waals surface area contributed by atoms with Gasteiger partial charge in [0.2, 0.25) is 0 Å². The first-order chi connectivity index (χ1) is 11.7. The molecular formula is HB23IN. The highest BCUT2D eigenvalue weighted by atomic mass is 127. The number of hydrogen-bond acceptors (Lipinski definition) is 1. The molecule has 0 aliphatic carbocycles. The average Bonchev–Trinajstić information content (AvgIpc) is 2.40. The summed E-state index contributed by atoms with van der Waals surface area (Å²) in [7, 11) is 70.8. The van der Waals surface area contributed by atoms with Gasteiger partial charge >= 0.3 is 0 Å². The van der Waals surface area contributed by atoms with Gasteiger partial charge in [-0.15, -0.1) is 0 Å². The van der Waals surface area contributed by atoms with E-state index in [1.54, 1.807) is 22.9 Å². The van der Waals surface area contributed by atoms with Crippen LogP contribution in [0.5, 0.6) is 0 Å². The van der Waals surface area contributed by atoms with Crippen LogP contribution in [0.1, 0.15) is 0 Å². The van der Waals surface area contributed by atoms with Crippen LogP contribution in [-0.2, 0) is 0 Å². The van der Waals surface area contributed by atoms with Crippen molar-refractivity contribution in [3.63, 3.8) is 0 Å². The largest absolute Gasteiger partial charge is 0.319 e. The van der Waals surface area contributed by atoms with Gasteiger partial charge in [-0.25, -0.2) is 0 Å². The Bertz CT molecular complexity index is 332. The molecule has 25 heavy (non-hydrogen) atoms. The molecule has 82 valence electrons. The first kappa shape index (κ1) is 25.2. The summed E-state index contributed by atoms with van der Waals surface area (Å²) >= 11 is 1.71. The standard InChI is InChI=1S/B23HIN/c1-13(2)19(14(3)4)22(20(15(5)6)16(7)8)23(25-24)21(17(9)10)18(11)12/h25H/i/hT. The Labute approximate surface area is 190 Å². The van der Waals surface area contributed by atoms with Crippen molar-refractivity contribution in [2.24, 2.45) is 0 Å². The second-order valence-electron chi connectivity index (χ2n) is 6.36. The third-order valence-electron chi connectivity index (χ3n) is 4.46. The van der Waals surface area contributed by atoms with Crippen molar-refractivity contribution in [1.82, 2.24) is 3.43 Å². The van der Waals surface area contributed by atoms with Crippen LogP contribution in [0.3, 0.4) is 0 Å². The SMILES string of the molecule is [3H]N(I)B(B(B([B])[B])B([B])[B])B(B(B([B])[B])B([B])[B])B(B([B])[B])B([B])[B]. The van der Waals surface area contributed by atoms with Gasteiger partial charge in [-0.05, 0) is 0 Å². The molecule has 25 heteroatoms. The van der Waals surface area contributed by atoms with Crippen LogP contribution in [0.2, 0.25) is 1.41 Å². The average molecular weight is 393 g/mol. The smallest absolute Gasteiger partial charge is 0.129 e. The lowest BCUT2D eigenvalue weighted by molar-refractivity contribution is 1.79. The van der Waals surface area contributed by atoms with Crippen molar-refractivity contribution in [2.75, 3.05) is 0 Å². The van der Waals surface area contributed by atoms with Crippen molar-refractivity contribution in [1.29, 1.82) is 0 Å². The highest BCUT2D eigenvalue weighted by Crippen LogP contribution is 2.10. The van der Waals surface area contributed by atoms with Gasteiger partial charge in [0.05, 0.1) is 0 Å². The number of rotatable bonds is 11. The summed E-state index contributed by atoms with van der Waals surface area (Å²) in [5.74, 6) is 0. The van der Waals surface area contributed by atoms with Gasteiger partial charge in [-0.3, -0.25) is 0 Å². The molecule has 0 amide bonds. The number of halogens is 1. The molecule has 1 nitrogen and oxygen atoms in total. The van der Waals surface area contributed by atoms with E-state index in [0.717, 1.165) is 3.43 Å². The van der Waals surface area contributed by atoms with E-state index in [-0.39, 0.29) is 0 Å². The Morgan fingerprint density at radius 1 is 0.480 bits per heavy atom. The summed E-state index contributed by atoms with van der Waals surface area (Å²) in [5, 5.41) is 0. The van der Waals surface area contributed by atoms with Crippen LogP contribution in [0.15, 0.2) is 0 Å². The van der Waals surface area contributed by atoms with Gasteiger partial charge < -0.3 is 3.43 Å².